The summed E-state index contributed by atoms with van der Waals surface area (Å²) in [6.45, 7) is 2.39. The summed E-state index contributed by atoms with van der Waals surface area (Å²) >= 11 is 0. The van der Waals surface area contributed by atoms with Gasteiger partial charge in [-0.05, 0) is 25.5 Å². The second-order valence-electron chi connectivity index (χ2n) is 5.11. The van der Waals surface area contributed by atoms with E-state index < -0.39 is 24.9 Å². The average molecular weight is 345 g/mol. The van der Waals surface area contributed by atoms with E-state index >= 15 is 0 Å². The molecule has 0 unspecified atom stereocenters. The lowest BCUT2D eigenvalue weighted by Gasteiger charge is -2.17. The van der Waals surface area contributed by atoms with Crippen LogP contribution in [0.1, 0.15) is 23.8 Å². The fourth-order valence-corrected chi connectivity index (χ4v) is 2.24. The summed E-state index contributed by atoms with van der Waals surface area (Å²) in [7, 11) is 0. The van der Waals surface area contributed by atoms with Crippen molar-refractivity contribution in [3.63, 3.8) is 0 Å². The smallest absolute Gasteiger partial charge is 0.407 e. The van der Waals surface area contributed by atoms with Crippen LogP contribution in [-0.2, 0) is 14.2 Å². The lowest BCUT2D eigenvalue weighted by molar-refractivity contribution is -0.0470. The molecular weight excluding hydrogens is 324 g/mol. The molecule has 1 N–H and O–H groups in total. The highest BCUT2D eigenvalue weighted by Gasteiger charge is 2.25. The highest BCUT2D eigenvalue weighted by molar-refractivity contribution is 5.66. The molecule has 0 aliphatic carbocycles. The first-order valence-electron chi connectivity index (χ1n) is 7.75. The van der Waals surface area contributed by atoms with Crippen LogP contribution >= 0.6 is 0 Å². The molecule has 1 aliphatic rings. The molecule has 1 heterocycles. The average Bonchev–Trinajstić information content (AvgIpc) is 3.08. The van der Waals surface area contributed by atoms with E-state index in [1.165, 1.54) is 12.1 Å². The van der Waals surface area contributed by atoms with Gasteiger partial charge in [-0.25, -0.2) is 9.18 Å². The van der Waals surface area contributed by atoms with Crippen molar-refractivity contribution in [2.45, 2.75) is 19.6 Å². The van der Waals surface area contributed by atoms with E-state index in [1.54, 1.807) is 6.92 Å². The first-order chi connectivity index (χ1) is 11.6. The van der Waals surface area contributed by atoms with Crippen molar-refractivity contribution in [3.8, 4) is 5.75 Å². The summed E-state index contributed by atoms with van der Waals surface area (Å²) in [6, 6.07) is 2.79. The summed E-state index contributed by atoms with van der Waals surface area (Å²) in [5.74, 6) is 0.0437. The molecule has 24 heavy (non-hydrogen) atoms. The largest absolute Gasteiger partial charge is 0.490 e. The Balaban J connectivity index is 1.82. The van der Waals surface area contributed by atoms with Gasteiger partial charge in [-0.1, -0.05) is 0 Å². The number of alkyl halides is 1. The number of nitrogens with one attached hydrogen (secondary N) is 1. The van der Waals surface area contributed by atoms with Gasteiger partial charge in [-0.3, -0.25) is 4.39 Å². The summed E-state index contributed by atoms with van der Waals surface area (Å²) in [6.07, 6.45) is -1.11. The maximum Gasteiger partial charge on any atom is 0.407 e. The molecule has 0 atom stereocenters. The first-order valence-corrected chi connectivity index (χ1v) is 7.75. The van der Waals surface area contributed by atoms with E-state index in [2.05, 4.69) is 5.32 Å². The number of hydrogen-bond donors (Lipinski definition) is 1. The quantitative estimate of drug-likeness (QED) is 0.734. The summed E-state index contributed by atoms with van der Waals surface area (Å²) in [4.78, 5) is 11.3. The van der Waals surface area contributed by atoms with Crippen LogP contribution in [0.25, 0.3) is 0 Å². The van der Waals surface area contributed by atoms with Crippen LogP contribution < -0.4 is 10.1 Å². The maximum absolute atomic E-state index is 14.0. The van der Waals surface area contributed by atoms with Crippen molar-refractivity contribution >= 4 is 6.09 Å². The van der Waals surface area contributed by atoms with Crippen LogP contribution in [0.5, 0.6) is 5.75 Å². The molecule has 8 heteroatoms. The Hall–Kier alpha value is -1.93. The van der Waals surface area contributed by atoms with E-state index in [4.69, 9.17) is 18.9 Å². The molecule has 1 aliphatic heterocycles. The fourth-order valence-electron chi connectivity index (χ4n) is 2.24. The van der Waals surface area contributed by atoms with Crippen molar-refractivity contribution in [1.82, 2.24) is 5.32 Å². The third kappa shape index (κ3) is 5.04. The Bertz CT molecular complexity index is 550. The van der Waals surface area contributed by atoms with Crippen molar-refractivity contribution in [3.05, 3.63) is 29.1 Å². The van der Waals surface area contributed by atoms with Crippen molar-refractivity contribution in [1.29, 1.82) is 0 Å². The summed E-state index contributed by atoms with van der Waals surface area (Å²) in [5, 5.41) is 2.41. The van der Waals surface area contributed by atoms with Crippen LogP contribution in [0.2, 0.25) is 0 Å². The zero-order chi connectivity index (χ0) is 17.4. The third-order valence-electron chi connectivity index (χ3n) is 3.42. The molecule has 6 nitrogen and oxygen atoms in total. The number of hydrogen-bond acceptors (Lipinski definition) is 5. The van der Waals surface area contributed by atoms with Gasteiger partial charge in [-0.15, -0.1) is 0 Å². The normalized spacial score (nSPS) is 14.6. The van der Waals surface area contributed by atoms with Gasteiger partial charge in [0.1, 0.15) is 24.8 Å². The van der Waals surface area contributed by atoms with Crippen LogP contribution in [0, 0.1) is 12.7 Å². The van der Waals surface area contributed by atoms with Crippen LogP contribution in [-0.4, -0.2) is 45.7 Å². The monoisotopic (exact) mass is 345 g/mol. The molecule has 1 aromatic rings. The van der Waals surface area contributed by atoms with E-state index in [0.717, 1.165) is 0 Å². The molecule has 0 spiro atoms. The minimum atomic E-state index is -0.730. The van der Waals surface area contributed by atoms with Crippen molar-refractivity contribution < 1.29 is 32.5 Å². The molecule has 0 bridgehead atoms. The minimum Gasteiger partial charge on any atom is -0.490 e. The maximum atomic E-state index is 14.0. The molecule has 0 radical (unpaired) electrons. The Kier molecular flexibility index (Phi) is 7.20. The zero-order valence-electron chi connectivity index (χ0n) is 13.5. The number of carbonyl (C=O) groups excluding carboxylic acids is 1. The van der Waals surface area contributed by atoms with E-state index in [9.17, 15) is 13.6 Å². The predicted molar refractivity (Wildman–Crippen MR) is 81.2 cm³/mol. The fraction of sp³-hybridized carbons (Fsp3) is 0.562. The molecule has 1 amide bonds. The lowest BCUT2D eigenvalue weighted by atomic mass is 10.1. The Morgan fingerprint density at radius 2 is 2.08 bits per heavy atom. The highest BCUT2D eigenvalue weighted by Crippen LogP contribution is 2.33. The SMILES string of the molecule is Cc1c(OCCOC(=O)NCCCF)ccc(F)c1C1OCCO1. The van der Waals surface area contributed by atoms with Gasteiger partial charge in [-0.2, -0.15) is 0 Å². The molecule has 1 saturated heterocycles. The Labute approximate surface area is 139 Å². The van der Waals surface area contributed by atoms with E-state index in [0.29, 0.717) is 30.1 Å². The number of ether oxygens (including phenoxy) is 4. The molecule has 1 aromatic carbocycles. The molecule has 2 rings (SSSR count). The summed E-state index contributed by atoms with van der Waals surface area (Å²) in [5.41, 5.74) is 0.893. The third-order valence-corrected chi connectivity index (χ3v) is 3.42. The minimum absolute atomic E-state index is 0.0179. The number of carbonyl (C=O) groups is 1. The summed E-state index contributed by atoms with van der Waals surface area (Å²) < 4.78 is 47.0. The van der Waals surface area contributed by atoms with Crippen molar-refractivity contribution in [2.75, 3.05) is 39.6 Å². The van der Waals surface area contributed by atoms with Gasteiger partial charge in [0.05, 0.1) is 25.5 Å². The number of amides is 1. The topological polar surface area (TPSA) is 66.0 Å². The Morgan fingerprint density at radius 3 is 2.79 bits per heavy atom. The molecular formula is C16H21F2NO5. The predicted octanol–water partition coefficient (Wildman–Crippen LogP) is 2.64. The lowest BCUT2D eigenvalue weighted by Crippen LogP contribution is -2.27. The number of halogens is 2. The van der Waals surface area contributed by atoms with Crippen LogP contribution in [0.4, 0.5) is 13.6 Å². The van der Waals surface area contributed by atoms with Crippen LogP contribution in [0.15, 0.2) is 12.1 Å². The molecule has 134 valence electrons. The first kappa shape index (κ1) is 18.4. The highest BCUT2D eigenvalue weighted by atomic mass is 19.1. The van der Waals surface area contributed by atoms with Gasteiger partial charge in [0, 0.05) is 12.1 Å². The standard InChI is InChI=1S/C16H21F2NO5/c1-11-13(21-7-10-24-16(20)19-6-2-5-17)4-3-12(18)14(11)15-22-8-9-23-15/h3-4,15H,2,5-10H2,1H3,(H,19,20). The van der Waals surface area contributed by atoms with Gasteiger partial charge < -0.3 is 24.3 Å². The van der Waals surface area contributed by atoms with Crippen LogP contribution in [0.3, 0.4) is 0 Å². The van der Waals surface area contributed by atoms with Crippen molar-refractivity contribution in [2.24, 2.45) is 0 Å². The van der Waals surface area contributed by atoms with Gasteiger partial charge in [0.2, 0.25) is 0 Å². The number of rotatable bonds is 8. The van der Waals surface area contributed by atoms with Gasteiger partial charge in [0.15, 0.2) is 6.29 Å². The van der Waals surface area contributed by atoms with Gasteiger partial charge in [0.25, 0.3) is 0 Å². The second kappa shape index (κ2) is 9.39. The Morgan fingerprint density at radius 1 is 1.33 bits per heavy atom. The molecule has 0 saturated carbocycles. The number of alkyl carbamates (subject to hydrolysis) is 1. The molecule has 0 aromatic heterocycles. The second-order valence-corrected chi connectivity index (χ2v) is 5.11. The van der Waals surface area contributed by atoms with Gasteiger partial charge >= 0.3 is 6.09 Å². The van der Waals surface area contributed by atoms with E-state index in [-0.39, 0.29) is 26.2 Å². The number of benzene rings is 1. The van der Waals surface area contributed by atoms with E-state index in [1.807, 2.05) is 0 Å². The zero-order valence-corrected chi connectivity index (χ0v) is 13.5. The molecule has 1 fully saturated rings.